The standard InChI is InChI=1S/C22H17F3N4O4S/c1-31-18-12-14(7-8-17(18)33-10-9-32-16-5-3-2-4-6-16)11-15(13-26)19(30)27-21-29-28-20(34-21)22(23,24)25/h2-8,11-12H,9-10H2,1H3,(H,27,29,30)/b15-11-. The third-order valence-electron chi connectivity index (χ3n) is 4.10. The second kappa shape index (κ2) is 11.2. The number of amides is 1. The molecule has 0 aliphatic rings. The van der Waals surface area contributed by atoms with Crippen molar-refractivity contribution in [3.8, 4) is 23.3 Å². The molecule has 1 amide bonds. The number of aromatic nitrogens is 2. The van der Waals surface area contributed by atoms with E-state index in [1.54, 1.807) is 24.3 Å². The van der Waals surface area contributed by atoms with Crippen molar-refractivity contribution in [2.75, 3.05) is 25.6 Å². The fourth-order valence-electron chi connectivity index (χ4n) is 2.59. The Bertz CT molecular complexity index is 1210. The smallest absolute Gasteiger partial charge is 0.445 e. The molecular weight excluding hydrogens is 473 g/mol. The fourth-order valence-corrected chi connectivity index (χ4v) is 3.19. The first kappa shape index (κ1) is 24.5. The Morgan fingerprint density at radius 2 is 1.85 bits per heavy atom. The Morgan fingerprint density at radius 1 is 1.12 bits per heavy atom. The average Bonchev–Trinajstić information content (AvgIpc) is 3.30. The topological polar surface area (TPSA) is 106 Å². The van der Waals surface area contributed by atoms with Crippen LogP contribution in [0.3, 0.4) is 0 Å². The van der Waals surface area contributed by atoms with Crippen molar-refractivity contribution in [1.82, 2.24) is 10.2 Å². The summed E-state index contributed by atoms with van der Waals surface area (Å²) in [4.78, 5) is 12.3. The van der Waals surface area contributed by atoms with Gasteiger partial charge >= 0.3 is 6.18 Å². The predicted molar refractivity (Wildman–Crippen MR) is 118 cm³/mol. The molecule has 34 heavy (non-hydrogen) atoms. The van der Waals surface area contributed by atoms with Crippen molar-refractivity contribution in [3.63, 3.8) is 0 Å². The molecule has 8 nitrogen and oxygen atoms in total. The van der Waals surface area contributed by atoms with Gasteiger partial charge in [0.2, 0.25) is 10.1 Å². The summed E-state index contributed by atoms with van der Waals surface area (Å²) in [6.45, 7) is 0.545. The quantitative estimate of drug-likeness (QED) is 0.266. The van der Waals surface area contributed by atoms with Gasteiger partial charge < -0.3 is 14.2 Å². The van der Waals surface area contributed by atoms with Crippen molar-refractivity contribution in [2.24, 2.45) is 0 Å². The van der Waals surface area contributed by atoms with E-state index in [9.17, 15) is 23.2 Å². The van der Waals surface area contributed by atoms with E-state index < -0.39 is 17.1 Å². The fraction of sp³-hybridized carbons (Fsp3) is 0.182. The van der Waals surface area contributed by atoms with E-state index in [4.69, 9.17) is 14.2 Å². The normalized spacial score (nSPS) is 11.4. The summed E-state index contributed by atoms with van der Waals surface area (Å²) in [7, 11) is 1.43. The Hall–Kier alpha value is -4.11. The zero-order valence-electron chi connectivity index (χ0n) is 17.6. The number of anilines is 1. The summed E-state index contributed by atoms with van der Waals surface area (Å²) in [5, 5.41) is 16.1. The number of hydrogen-bond donors (Lipinski definition) is 1. The Balaban J connectivity index is 1.64. The minimum absolute atomic E-state index is 0.156. The molecule has 0 unspecified atom stereocenters. The minimum Gasteiger partial charge on any atom is -0.493 e. The maximum Gasteiger partial charge on any atom is 0.445 e. The van der Waals surface area contributed by atoms with Crippen LogP contribution in [0.1, 0.15) is 10.6 Å². The lowest BCUT2D eigenvalue weighted by atomic mass is 10.1. The van der Waals surface area contributed by atoms with Gasteiger partial charge in [0, 0.05) is 0 Å². The molecule has 12 heteroatoms. The molecule has 176 valence electrons. The third kappa shape index (κ3) is 6.69. The summed E-state index contributed by atoms with van der Waals surface area (Å²) in [6.07, 6.45) is -3.42. The molecule has 0 bridgehead atoms. The van der Waals surface area contributed by atoms with Gasteiger partial charge in [-0.1, -0.05) is 35.6 Å². The zero-order valence-corrected chi connectivity index (χ0v) is 18.4. The number of ether oxygens (including phenoxy) is 3. The van der Waals surface area contributed by atoms with Crippen LogP contribution in [0.25, 0.3) is 6.08 Å². The highest BCUT2D eigenvalue weighted by atomic mass is 32.1. The summed E-state index contributed by atoms with van der Waals surface area (Å²) >= 11 is 0.156. The average molecular weight is 490 g/mol. The predicted octanol–water partition coefficient (Wildman–Crippen LogP) is 4.57. The lowest BCUT2D eigenvalue weighted by Gasteiger charge is -2.12. The highest BCUT2D eigenvalue weighted by Gasteiger charge is 2.35. The summed E-state index contributed by atoms with van der Waals surface area (Å²) in [5.74, 6) is 0.562. The number of alkyl halides is 3. The van der Waals surface area contributed by atoms with E-state index in [1.807, 2.05) is 30.3 Å². The van der Waals surface area contributed by atoms with Crippen LogP contribution in [-0.2, 0) is 11.0 Å². The van der Waals surface area contributed by atoms with Gasteiger partial charge in [0.05, 0.1) is 7.11 Å². The number of para-hydroxylation sites is 1. The van der Waals surface area contributed by atoms with Crippen LogP contribution in [0.15, 0.2) is 54.1 Å². The van der Waals surface area contributed by atoms with E-state index >= 15 is 0 Å². The number of hydrogen-bond acceptors (Lipinski definition) is 8. The largest absolute Gasteiger partial charge is 0.493 e. The molecule has 0 saturated carbocycles. The van der Waals surface area contributed by atoms with Crippen molar-refractivity contribution in [2.45, 2.75) is 6.18 Å². The van der Waals surface area contributed by atoms with Crippen LogP contribution in [0.5, 0.6) is 17.2 Å². The van der Waals surface area contributed by atoms with Gasteiger partial charge in [0.25, 0.3) is 5.91 Å². The highest BCUT2D eigenvalue weighted by molar-refractivity contribution is 7.15. The number of carbonyl (C=O) groups excluding carboxylic acids is 1. The monoisotopic (exact) mass is 490 g/mol. The number of nitriles is 1. The summed E-state index contributed by atoms with van der Waals surface area (Å²) < 4.78 is 54.4. The number of nitrogens with zero attached hydrogens (tertiary/aromatic N) is 3. The molecule has 0 saturated heterocycles. The van der Waals surface area contributed by atoms with Crippen molar-refractivity contribution in [3.05, 3.63) is 64.7 Å². The molecule has 0 atom stereocenters. The minimum atomic E-state index is -4.68. The molecule has 0 spiro atoms. The van der Waals surface area contributed by atoms with E-state index in [2.05, 4.69) is 15.5 Å². The molecule has 1 N–H and O–H groups in total. The van der Waals surface area contributed by atoms with Crippen molar-refractivity contribution < 1.29 is 32.2 Å². The Kier molecular flexibility index (Phi) is 8.05. The van der Waals surface area contributed by atoms with Crippen LogP contribution in [0, 0.1) is 11.3 Å². The molecule has 3 aromatic rings. The second-order valence-corrected chi connectivity index (χ2v) is 7.43. The Labute approximate surface area is 196 Å². The lowest BCUT2D eigenvalue weighted by Crippen LogP contribution is -2.13. The van der Waals surface area contributed by atoms with Crippen molar-refractivity contribution in [1.29, 1.82) is 5.26 Å². The van der Waals surface area contributed by atoms with Crippen LogP contribution in [0.4, 0.5) is 18.3 Å². The number of methoxy groups -OCH3 is 1. The first-order valence-corrected chi connectivity index (χ1v) is 10.4. The SMILES string of the molecule is COc1cc(/C=C(/C#N)C(=O)Nc2nnc(C(F)(F)F)s2)ccc1OCCOc1ccccc1. The van der Waals surface area contributed by atoms with Crippen molar-refractivity contribution >= 4 is 28.5 Å². The van der Waals surface area contributed by atoms with Gasteiger partial charge in [-0.05, 0) is 35.9 Å². The first-order valence-electron chi connectivity index (χ1n) is 9.62. The van der Waals surface area contributed by atoms with Gasteiger partial charge in [-0.15, -0.1) is 10.2 Å². The maximum absolute atomic E-state index is 12.6. The molecule has 0 aliphatic carbocycles. The molecular formula is C22H17F3N4O4S. The number of benzene rings is 2. The van der Waals surface area contributed by atoms with E-state index in [0.29, 0.717) is 29.4 Å². The van der Waals surface area contributed by atoms with Gasteiger partial charge in [0.1, 0.15) is 30.6 Å². The first-order chi connectivity index (χ1) is 16.3. The molecule has 0 radical (unpaired) electrons. The van der Waals surface area contributed by atoms with Gasteiger partial charge in [-0.25, -0.2) is 0 Å². The van der Waals surface area contributed by atoms with Gasteiger partial charge in [-0.3, -0.25) is 10.1 Å². The van der Waals surface area contributed by atoms with Gasteiger partial charge in [0.15, 0.2) is 11.5 Å². The van der Waals surface area contributed by atoms with Crippen LogP contribution < -0.4 is 19.5 Å². The maximum atomic E-state index is 12.6. The lowest BCUT2D eigenvalue weighted by molar-refractivity contribution is -0.138. The van der Waals surface area contributed by atoms with E-state index in [-0.39, 0.29) is 28.6 Å². The Morgan fingerprint density at radius 3 is 2.50 bits per heavy atom. The molecule has 0 fully saturated rings. The summed E-state index contributed by atoms with van der Waals surface area (Å²) in [6, 6.07) is 15.7. The highest BCUT2D eigenvalue weighted by Crippen LogP contribution is 2.33. The molecule has 0 aliphatic heterocycles. The van der Waals surface area contributed by atoms with Gasteiger partial charge in [-0.2, -0.15) is 18.4 Å². The number of rotatable bonds is 9. The molecule has 1 aromatic heterocycles. The molecule has 2 aromatic carbocycles. The number of carbonyl (C=O) groups is 1. The summed E-state index contributed by atoms with van der Waals surface area (Å²) in [5.41, 5.74) is 0.0837. The molecule has 3 rings (SSSR count). The van der Waals surface area contributed by atoms with Crippen LogP contribution >= 0.6 is 11.3 Å². The van der Waals surface area contributed by atoms with E-state index in [1.165, 1.54) is 13.2 Å². The third-order valence-corrected chi connectivity index (χ3v) is 4.99. The molecule has 1 heterocycles. The number of halogens is 3. The number of nitrogens with one attached hydrogen (secondary N) is 1. The van der Waals surface area contributed by atoms with E-state index in [0.717, 1.165) is 0 Å². The second-order valence-electron chi connectivity index (χ2n) is 6.45. The zero-order chi connectivity index (χ0) is 24.6. The van der Waals surface area contributed by atoms with Crippen LogP contribution in [-0.4, -0.2) is 36.4 Å². The van der Waals surface area contributed by atoms with Crippen LogP contribution in [0.2, 0.25) is 0 Å².